The van der Waals surface area contributed by atoms with E-state index in [1.165, 1.54) is 7.11 Å². The lowest BCUT2D eigenvalue weighted by Crippen LogP contribution is -2.21. The number of ether oxygens (including phenoxy) is 1. The summed E-state index contributed by atoms with van der Waals surface area (Å²) < 4.78 is 44.0. The number of hydrogen-bond donors (Lipinski definition) is 1. The first-order valence-electron chi connectivity index (χ1n) is 6.63. The van der Waals surface area contributed by atoms with Crippen LogP contribution in [0.5, 0.6) is 5.75 Å². The molecule has 1 amide bonds. The molecule has 1 fully saturated rings. The van der Waals surface area contributed by atoms with Gasteiger partial charge in [-0.15, -0.1) is 0 Å². The van der Waals surface area contributed by atoms with Crippen LogP contribution in [-0.4, -0.2) is 31.0 Å². The van der Waals surface area contributed by atoms with Gasteiger partial charge in [0.2, 0.25) is 0 Å². The highest BCUT2D eigenvalue weighted by atomic mass is 19.4. The van der Waals surface area contributed by atoms with Crippen molar-refractivity contribution in [3.63, 3.8) is 0 Å². The lowest BCUT2D eigenvalue weighted by molar-refractivity contribution is -0.137. The Balaban J connectivity index is 2.48. The highest BCUT2D eigenvalue weighted by molar-refractivity contribution is 5.96. The monoisotopic (exact) mass is 302 g/mol. The van der Waals surface area contributed by atoms with Gasteiger partial charge in [-0.2, -0.15) is 13.2 Å². The smallest absolute Gasteiger partial charge is 0.416 e. The second-order valence-corrected chi connectivity index (χ2v) is 5.06. The fourth-order valence-electron chi connectivity index (χ4n) is 2.58. The Morgan fingerprint density at radius 1 is 1.33 bits per heavy atom. The molecule has 0 radical (unpaired) electrons. The molecular formula is C14H17F3N2O2. The minimum Gasteiger partial charge on any atom is -0.496 e. The first-order chi connectivity index (χ1) is 9.82. The summed E-state index contributed by atoms with van der Waals surface area (Å²) in [5, 5.41) is 0. The molecule has 116 valence electrons. The zero-order valence-electron chi connectivity index (χ0n) is 11.7. The Hall–Kier alpha value is -1.76. The van der Waals surface area contributed by atoms with Gasteiger partial charge in [-0.1, -0.05) is 0 Å². The summed E-state index contributed by atoms with van der Waals surface area (Å²) in [6.45, 7) is 1.96. The number of amides is 1. The third kappa shape index (κ3) is 3.47. The average molecular weight is 302 g/mol. The largest absolute Gasteiger partial charge is 0.496 e. The van der Waals surface area contributed by atoms with E-state index >= 15 is 0 Å². The van der Waals surface area contributed by atoms with E-state index in [0.717, 1.165) is 38.1 Å². The van der Waals surface area contributed by atoms with Gasteiger partial charge in [-0.25, -0.2) is 0 Å². The SMILES string of the molecule is COc1c(CN2CCCC2)cc(C(F)(F)F)cc1C(N)=O. The van der Waals surface area contributed by atoms with Gasteiger partial charge in [0.15, 0.2) is 0 Å². The highest BCUT2D eigenvalue weighted by Crippen LogP contribution is 2.35. The molecular weight excluding hydrogens is 285 g/mol. The maximum Gasteiger partial charge on any atom is 0.416 e. The highest BCUT2D eigenvalue weighted by Gasteiger charge is 2.33. The van der Waals surface area contributed by atoms with Crippen molar-refractivity contribution in [3.8, 4) is 5.75 Å². The lowest BCUT2D eigenvalue weighted by Gasteiger charge is -2.20. The number of nitrogens with two attached hydrogens (primary N) is 1. The van der Waals surface area contributed by atoms with Crippen LogP contribution in [0.1, 0.15) is 34.3 Å². The zero-order valence-corrected chi connectivity index (χ0v) is 11.7. The van der Waals surface area contributed by atoms with Crippen molar-refractivity contribution in [2.24, 2.45) is 5.73 Å². The topological polar surface area (TPSA) is 55.6 Å². The molecule has 1 aliphatic rings. The molecule has 0 aliphatic carbocycles. The van der Waals surface area contributed by atoms with Crippen molar-refractivity contribution < 1.29 is 22.7 Å². The predicted octanol–water partition coefficient (Wildman–Crippen LogP) is 2.41. The van der Waals surface area contributed by atoms with E-state index in [0.29, 0.717) is 12.1 Å². The molecule has 0 atom stereocenters. The van der Waals surface area contributed by atoms with Crippen LogP contribution in [0.2, 0.25) is 0 Å². The van der Waals surface area contributed by atoms with Crippen molar-refractivity contribution in [1.82, 2.24) is 4.90 Å². The molecule has 0 bridgehead atoms. The average Bonchev–Trinajstić information content (AvgIpc) is 2.89. The summed E-state index contributed by atoms with van der Waals surface area (Å²) in [5.74, 6) is -0.803. The molecule has 0 saturated carbocycles. The van der Waals surface area contributed by atoms with Gasteiger partial charge >= 0.3 is 6.18 Å². The number of primary amides is 1. The molecule has 21 heavy (non-hydrogen) atoms. The van der Waals surface area contributed by atoms with Gasteiger partial charge in [-0.05, 0) is 38.1 Å². The van der Waals surface area contributed by atoms with E-state index in [1.807, 2.05) is 4.90 Å². The van der Waals surface area contributed by atoms with Crippen molar-refractivity contribution in [3.05, 3.63) is 28.8 Å². The van der Waals surface area contributed by atoms with Gasteiger partial charge in [0, 0.05) is 12.1 Å². The Morgan fingerprint density at radius 2 is 1.95 bits per heavy atom. The Morgan fingerprint density at radius 3 is 2.43 bits per heavy atom. The number of nitrogens with zero attached hydrogens (tertiary/aromatic N) is 1. The fraction of sp³-hybridized carbons (Fsp3) is 0.500. The first kappa shape index (κ1) is 15.6. The molecule has 2 N–H and O–H groups in total. The lowest BCUT2D eigenvalue weighted by atomic mass is 10.0. The van der Waals surface area contributed by atoms with E-state index in [9.17, 15) is 18.0 Å². The van der Waals surface area contributed by atoms with E-state index < -0.39 is 17.6 Å². The number of carbonyl (C=O) groups is 1. The first-order valence-corrected chi connectivity index (χ1v) is 6.63. The molecule has 1 aromatic carbocycles. The van der Waals surface area contributed by atoms with E-state index in [-0.39, 0.29) is 11.3 Å². The van der Waals surface area contributed by atoms with E-state index in [1.54, 1.807) is 0 Å². The summed E-state index contributed by atoms with van der Waals surface area (Å²) in [7, 11) is 1.32. The molecule has 4 nitrogen and oxygen atoms in total. The van der Waals surface area contributed by atoms with Crippen molar-refractivity contribution in [2.45, 2.75) is 25.6 Å². The number of rotatable bonds is 4. The van der Waals surface area contributed by atoms with Gasteiger partial charge in [0.1, 0.15) is 5.75 Å². The number of methoxy groups -OCH3 is 1. The van der Waals surface area contributed by atoms with Crippen molar-refractivity contribution in [2.75, 3.05) is 20.2 Å². The number of benzene rings is 1. The van der Waals surface area contributed by atoms with Crippen LogP contribution in [0.3, 0.4) is 0 Å². The van der Waals surface area contributed by atoms with Crippen molar-refractivity contribution >= 4 is 5.91 Å². The molecule has 1 aliphatic heterocycles. The predicted molar refractivity (Wildman–Crippen MR) is 71.0 cm³/mol. The minimum absolute atomic E-state index is 0.127. The molecule has 1 saturated heterocycles. The maximum absolute atomic E-state index is 13.0. The maximum atomic E-state index is 13.0. The number of alkyl halides is 3. The minimum atomic E-state index is -4.53. The normalized spacial score (nSPS) is 16.2. The Bertz CT molecular complexity index is 538. The summed E-state index contributed by atoms with van der Waals surface area (Å²) in [4.78, 5) is 13.4. The van der Waals surface area contributed by atoms with Crippen LogP contribution in [-0.2, 0) is 12.7 Å². The molecule has 0 spiro atoms. The third-order valence-corrected chi connectivity index (χ3v) is 3.56. The summed E-state index contributed by atoms with van der Waals surface area (Å²) >= 11 is 0. The van der Waals surface area contributed by atoms with Crippen LogP contribution in [0.25, 0.3) is 0 Å². The number of carbonyl (C=O) groups excluding carboxylic acids is 1. The fourth-order valence-corrected chi connectivity index (χ4v) is 2.58. The van der Waals surface area contributed by atoms with Crippen molar-refractivity contribution in [1.29, 1.82) is 0 Å². The molecule has 1 aromatic rings. The molecule has 7 heteroatoms. The van der Waals surface area contributed by atoms with Crippen LogP contribution in [0.4, 0.5) is 13.2 Å². The van der Waals surface area contributed by atoms with Gasteiger partial charge in [0.25, 0.3) is 5.91 Å². The molecule has 2 rings (SSSR count). The molecule has 0 aromatic heterocycles. The second-order valence-electron chi connectivity index (χ2n) is 5.06. The summed E-state index contributed by atoms with van der Waals surface area (Å²) in [6, 6.07) is 1.78. The van der Waals surface area contributed by atoms with Crippen LogP contribution < -0.4 is 10.5 Å². The van der Waals surface area contributed by atoms with Gasteiger partial charge < -0.3 is 10.5 Å². The second kappa shape index (κ2) is 5.93. The number of hydrogen-bond acceptors (Lipinski definition) is 3. The quantitative estimate of drug-likeness (QED) is 0.929. The van der Waals surface area contributed by atoms with Crippen LogP contribution in [0.15, 0.2) is 12.1 Å². The van der Waals surface area contributed by atoms with Crippen LogP contribution >= 0.6 is 0 Å². The summed E-state index contributed by atoms with van der Waals surface area (Å²) in [5.41, 5.74) is 4.40. The van der Waals surface area contributed by atoms with Gasteiger partial charge in [0.05, 0.1) is 18.2 Å². The molecule has 0 unspecified atom stereocenters. The van der Waals surface area contributed by atoms with Crippen LogP contribution in [0, 0.1) is 0 Å². The van der Waals surface area contributed by atoms with E-state index in [4.69, 9.17) is 10.5 Å². The van der Waals surface area contributed by atoms with E-state index in [2.05, 4.69) is 0 Å². The third-order valence-electron chi connectivity index (χ3n) is 3.56. The Kier molecular flexibility index (Phi) is 4.41. The zero-order chi connectivity index (χ0) is 15.6. The number of halogens is 3. The Labute approximate surface area is 120 Å². The number of likely N-dealkylation sites (tertiary alicyclic amines) is 1. The van der Waals surface area contributed by atoms with Gasteiger partial charge in [-0.3, -0.25) is 9.69 Å². The standard InChI is InChI=1S/C14H17F3N2O2/c1-21-12-9(8-19-4-2-3-5-19)6-10(14(15,16)17)7-11(12)13(18)20/h6-7H,2-5,8H2,1H3,(H2,18,20). The summed E-state index contributed by atoms with van der Waals surface area (Å²) in [6.07, 6.45) is -2.50. The molecule has 1 heterocycles.